The highest BCUT2D eigenvalue weighted by Crippen LogP contribution is 2.27. The Morgan fingerprint density at radius 1 is 1.47 bits per heavy atom. The van der Waals surface area contributed by atoms with Crippen molar-refractivity contribution in [2.45, 2.75) is 33.0 Å². The minimum absolute atomic E-state index is 0.255. The highest BCUT2D eigenvalue weighted by atomic mass is 32.1. The van der Waals surface area contributed by atoms with Crippen LogP contribution in [0.1, 0.15) is 26.7 Å². The largest absolute Gasteiger partial charge is 0.719 e. The number of nitrogens with two attached hydrogens (primary N) is 2. The van der Waals surface area contributed by atoms with Crippen molar-refractivity contribution in [3.05, 3.63) is 0 Å². The number of rotatable bonds is 5. The summed E-state index contributed by atoms with van der Waals surface area (Å²) >= 11 is 3.76. The molecule has 0 spiro atoms. The van der Waals surface area contributed by atoms with Crippen LogP contribution >= 0.6 is 0 Å². The van der Waals surface area contributed by atoms with Crippen molar-refractivity contribution in [2.75, 3.05) is 6.61 Å². The molecular formula is C9H19N2O5S-. The Balaban J connectivity index is 0. The zero-order valence-corrected chi connectivity index (χ0v) is 10.7. The van der Waals surface area contributed by atoms with Gasteiger partial charge in [-0.15, -0.1) is 0 Å². The predicted molar refractivity (Wildman–Crippen MR) is 63.7 cm³/mol. The van der Waals surface area contributed by atoms with Crippen LogP contribution in [0, 0.1) is 5.41 Å². The summed E-state index contributed by atoms with van der Waals surface area (Å²) in [6.45, 7) is 3.28. The molecule has 102 valence electrons. The average Bonchev–Trinajstić information content (AvgIpc) is 2.16. The number of primary amides is 2. The first-order chi connectivity index (χ1) is 7.69. The summed E-state index contributed by atoms with van der Waals surface area (Å²) in [5.74, 6) is 0. The third-order valence-electron chi connectivity index (χ3n) is 2.01. The summed E-state index contributed by atoms with van der Waals surface area (Å²) in [7, 11) is 0. The first kappa shape index (κ1) is 18.3. The van der Waals surface area contributed by atoms with Crippen molar-refractivity contribution in [1.82, 2.24) is 0 Å². The van der Waals surface area contributed by atoms with Crippen molar-refractivity contribution in [3.63, 3.8) is 0 Å². The van der Waals surface area contributed by atoms with E-state index in [0.29, 0.717) is 6.42 Å². The van der Waals surface area contributed by atoms with E-state index in [4.69, 9.17) is 15.6 Å². The van der Waals surface area contributed by atoms with Crippen LogP contribution in [0.2, 0.25) is 0 Å². The molecule has 2 amide bonds. The van der Waals surface area contributed by atoms with E-state index in [0.717, 1.165) is 6.42 Å². The molecule has 0 aromatic heterocycles. The third-order valence-corrected chi connectivity index (χ3v) is 2.01. The number of carbonyl (C=O) groups excluding carboxylic acids is 2. The quantitative estimate of drug-likeness (QED) is 0.402. The summed E-state index contributed by atoms with van der Waals surface area (Å²) in [6.07, 6.45) is -1.06. The third kappa shape index (κ3) is 9.79. The smallest absolute Gasteiger partial charge is 0.406 e. The molecule has 8 heteroatoms. The Hall–Kier alpha value is -1.12. The van der Waals surface area contributed by atoms with Gasteiger partial charge in [0.15, 0.2) is 0 Å². The van der Waals surface area contributed by atoms with Gasteiger partial charge in [-0.1, -0.05) is 20.3 Å². The monoisotopic (exact) mass is 267 g/mol. The second kappa shape index (κ2) is 8.97. The van der Waals surface area contributed by atoms with Gasteiger partial charge >= 0.3 is 6.09 Å². The van der Waals surface area contributed by atoms with Gasteiger partial charge in [0.1, 0.15) is 0 Å². The summed E-state index contributed by atoms with van der Waals surface area (Å²) in [4.78, 5) is 19.4. The summed E-state index contributed by atoms with van der Waals surface area (Å²) < 4.78 is 4.39. The van der Waals surface area contributed by atoms with Crippen LogP contribution in [0.25, 0.3) is 0 Å². The molecule has 2 atom stereocenters. The van der Waals surface area contributed by atoms with E-state index in [2.05, 4.69) is 23.1 Å². The van der Waals surface area contributed by atoms with E-state index in [9.17, 15) is 9.90 Å². The lowest BCUT2D eigenvalue weighted by molar-refractivity contribution is -0.147. The van der Waals surface area contributed by atoms with Crippen LogP contribution < -0.4 is 11.5 Å². The van der Waals surface area contributed by atoms with Crippen LogP contribution in [0.4, 0.5) is 9.59 Å². The highest BCUT2D eigenvalue weighted by Gasteiger charge is 2.34. The summed E-state index contributed by atoms with van der Waals surface area (Å²) in [6, 6.07) is 0. The minimum atomic E-state index is -1.35. The van der Waals surface area contributed by atoms with Crippen molar-refractivity contribution >= 4 is 24.0 Å². The predicted octanol–water partition coefficient (Wildman–Crippen LogP) is -0.189. The van der Waals surface area contributed by atoms with E-state index in [1.807, 2.05) is 6.92 Å². The molecule has 0 radical (unpaired) electrons. The second-order valence-corrected chi connectivity index (χ2v) is 4.07. The number of hydrogen-bond acceptors (Lipinski definition) is 6. The topological polar surface area (TPSA) is 136 Å². The zero-order chi connectivity index (χ0) is 14.1. The molecule has 0 aliphatic carbocycles. The zero-order valence-electron chi connectivity index (χ0n) is 9.88. The Bertz CT molecular complexity index is 248. The van der Waals surface area contributed by atoms with Gasteiger partial charge in [0.05, 0.1) is 17.3 Å². The van der Waals surface area contributed by atoms with Gasteiger partial charge < -0.3 is 43.8 Å². The molecule has 0 saturated carbocycles. The molecule has 0 fully saturated rings. The molecule has 0 bridgehead atoms. The molecule has 0 aromatic carbocycles. The van der Waals surface area contributed by atoms with Crippen LogP contribution in [-0.2, 0) is 17.4 Å². The Morgan fingerprint density at radius 2 is 1.88 bits per heavy atom. The molecule has 0 aromatic rings. The van der Waals surface area contributed by atoms with E-state index < -0.39 is 23.0 Å². The number of aliphatic hydroxyl groups is 2. The van der Waals surface area contributed by atoms with Crippen molar-refractivity contribution < 1.29 is 24.5 Å². The second-order valence-electron chi connectivity index (χ2n) is 3.67. The van der Waals surface area contributed by atoms with Crippen LogP contribution in [0.15, 0.2) is 0 Å². The van der Waals surface area contributed by atoms with E-state index in [1.165, 1.54) is 0 Å². The Labute approximate surface area is 106 Å². The van der Waals surface area contributed by atoms with Gasteiger partial charge in [-0.25, -0.2) is 4.79 Å². The maximum Gasteiger partial charge on any atom is 0.406 e. The van der Waals surface area contributed by atoms with Crippen molar-refractivity contribution in [1.29, 1.82) is 0 Å². The van der Waals surface area contributed by atoms with Crippen LogP contribution in [0.3, 0.4) is 0 Å². The molecule has 0 saturated heterocycles. The maximum absolute atomic E-state index is 10.3. The molecule has 6 N–H and O–H groups in total. The van der Waals surface area contributed by atoms with E-state index in [1.54, 1.807) is 6.92 Å². The number of aliphatic hydroxyl groups excluding tert-OH is 2. The van der Waals surface area contributed by atoms with Gasteiger partial charge in [0.2, 0.25) is 6.29 Å². The molecule has 0 rings (SSSR count). The number of amides is 2. The van der Waals surface area contributed by atoms with Crippen molar-refractivity contribution in [3.8, 4) is 0 Å². The Kier molecular flexibility index (Phi) is 9.63. The van der Waals surface area contributed by atoms with E-state index in [-0.39, 0.29) is 6.61 Å². The van der Waals surface area contributed by atoms with Crippen molar-refractivity contribution in [2.24, 2.45) is 16.9 Å². The highest BCUT2D eigenvalue weighted by molar-refractivity contribution is 7.76. The van der Waals surface area contributed by atoms with Crippen LogP contribution in [0.5, 0.6) is 0 Å². The van der Waals surface area contributed by atoms with Gasteiger partial charge in [-0.05, 0) is 6.42 Å². The van der Waals surface area contributed by atoms with Crippen LogP contribution in [-0.4, -0.2) is 34.4 Å². The van der Waals surface area contributed by atoms with Gasteiger partial charge in [0.25, 0.3) is 0 Å². The molecule has 0 heterocycles. The Morgan fingerprint density at radius 3 is 2.12 bits per heavy atom. The molecule has 7 nitrogen and oxygen atoms in total. The fourth-order valence-corrected chi connectivity index (χ4v) is 1.10. The molecular weight excluding hydrogens is 248 g/mol. The number of carbonyl (C=O) groups is 2. The normalized spacial score (nSPS) is 14.8. The molecule has 2 unspecified atom stereocenters. The lowest BCUT2D eigenvalue weighted by Gasteiger charge is -2.30. The maximum atomic E-state index is 10.3. The van der Waals surface area contributed by atoms with Gasteiger partial charge in [0, 0.05) is 0 Å². The van der Waals surface area contributed by atoms with Gasteiger partial charge in [-0.3, -0.25) is 0 Å². The SMILES string of the molecule is CCCC(C)(CO)C(O)OC(N)=O.NC(=O)[S-]. The fraction of sp³-hybridized carbons (Fsp3) is 0.778. The molecule has 17 heavy (non-hydrogen) atoms. The lowest BCUT2D eigenvalue weighted by atomic mass is 9.86. The minimum Gasteiger partial charge on any atom is -0.719 e. The molecule has 0 aliphatic heterocycles. The molecule has 0 aliphatic rings. The first-order valence-electron chi connectivity index (χ1n) is 4.91. The van der Waals surface area contributed by atoms with Gasteiger partial charge in [-0.2, -0.15) is 0 Å². The first-order valence-corrected chi connectivity index (χ1v) is 5.32. The lowest BCUT2D eigenvalue weighted by Crippen LogP contribution is -2.40. The number of hydrogen-bond donors (Lipinski definition) is 4. The summed E-state index contributed by atoms with van der Waals surface area (Å²) in [5.41, 5.74) is 8.20. The summed E-state index contributed by atoms with van der Waals surface area (Å²) in [5, 5.41) is 17.6. The number of ether oxygens (including phenoxy) is 1. The fourth-order valence-electron chi connectivity index (χ4n) is 1.10. The average molecular weight is 267 g/mol. The standard InChI is InChI=1S/C8H17NO4.CH3NOS/c1-3-4-8(2,5-10)6(11)13-7(9)12;2-1(3)4/h6,10-11H,3-5H2,1-2H3,(H2,9,12);(H3,2,3,4)/p-1. The van der Waals surface area contributed by atoms with E-state index >= 15 is 0 Å².